The Morgan fingerprint density at radius 3 is 2.80 bits per heavy atom. The molecule has 1 amide bonds. The number of aromatic amines is 1. The molecule has 1 N–H and O–H groups in total. The molecule has 0 spiro atoms. The summed E-state index contributed by atoms with van der Waals surface area (Å²) in [4.78, 5) is 22.5. The van der Waals surface area contributed by atoms with Gasteiger partial charge in [0.2, 0.25) is 0 Å². The van der Waals surface area contributed by atoms with Gasteiger partial charge in [-0.05, 0) is 29.8 Å². The van der Waals surface area contributed by atoms with E-state index in [0.29, 0.717) is 22.6 Å². The number of ether oxygens (including phenoxy) is 1. The zero-order valence-corrected chi connectivity index (χ0v) is 17.9. The number of fused-ring (bicyclic) bond motifs is 1. The number of H-pyrrole nitrogens is 1. The van der Waals surface area contributed by atoms with Crippen LogP contribution in [0.3, 0.4) is 0 Å². The van der Waals surface area contributed by atoms with Crippen molar-refractivity contribution in [1.82, 2.24) is 29.8 Å². The average molecular weight is 479 g/mol. The third kappa shape index (κ3) is 3.54. The highest BCUT2D eigenvalue weighted by Crippen LogP contribution is 2.35. The number of rotatable bonds is 4. The van der Waals surface area contributed by atoms with Crippen molar-refractivity contribution in [3.05, 3.63) is 72.6 Å². The van der Waals surface area contributed by atoms with Gasteiger partial charge in [0.25, 0.3) is 0 Å². The van der Waals surface area contributed by atoms with E-state index in [1.54, 1.807) is 30.6 Å². The molecule has 1 saturated heterocycles. The van der Waals surface area contributed by atoms with Crippen molar-refractivity contribution in [2.75, 3.05) is 11.5 Å². The lowest BCUT2D eigenvalue weighted by Gasteiger charge is -2.27. The third-order valence-corrected chi connectivity index (χ3v) is 6.12. The molecule has 1 aliphatic heterocycles. The molecular weight excluding hydrogens is 463 g/mol. The van der Waals surface area contributed by atoms with E-state index in [0.717, 1.165) is 6.08 Å². The lowest BCUT2D eigenvalue weighted by molar-refractivity contribution is 0.177. The van der Waals surface area contributed by atoms with Crippen LogP contribution in [0.2, 0.25) is 0 Å². The second kappa shape index (κ2) is 8.08. The molecule has 4 aromatic rings. The zero-order chi connectivity index (χ0) is 24.1. The standard InChI is InChI=1S/C23H16F3N7O2/c24-16-4-2-13(8-18(16)26)19-10-35-23(34)33(19)20-5-6-32-22(30-20)15(9-29-32)12-1-3-14(17(25)7-12)21-27-11-28-31-21/h1-7,9,11,13,19H,8,10H2,(H,27,28,31)/t13?,19-/m1/s1. The van der Waals surface area contributed by atoms with Crippen molar-refractivity contribution < 1.29 is 22.7 Å². The molecule has 1 fully saturated rings. The summed E-state index contributed by atoms with van der Waals surface area (Å²) >= 11 is 0. The van der Waals surface area contributed by atoms with Crippen molar-refractivity contribution in [3.8, 4) is 22.5 Å². The van der Waals surface area contributed by atoms with Gasteiger partial charge in [0.1, 0.15) is 30.4 Å². The Bertz CT molecular complexity index is 1510. The number of allylic oxidation sites excluding steroid dienone is 3. The number of carbonyl (C=O) groups is 1. The van der Waals surface area contributed by atoms with Gasteiger partial charge in [0, 0.05) is 24.1 Å². The predicted molar refractivity (Wildman–Crippen MR) is 118 cm³/mol. The summed E-state index contributed by atoms with van der Waals surface area (Å²) in [5.74, 6) is -2.22. The van der Waals surface area contributed by atoms with Crippen LogP contribution in [0.4, 0.5) is 23.8 Å². The predicted octanol–water partition coefficient (Wildman–Crippen LogP) is 4.37. The van der Waals surface area contributed by atoms with Crippen LogP contribution in [0.15, 0.2) is 66.8 Å². The number of nitrogens with zero attached hydrogens (tertiary/aromatic N) is 6. The van der Waals surface area contributed by atoms with E-state index in [1.165, 1.54) is 27.9 Å². The third-order valence-electron chi connectivity index (χ3n) is 6.12. The number of benzene rings is 1. The molecule has 6 rings (SSSR count). The van der Waals surface area contributed by atoms with Crippen LogP contribution in [0.5, 0.6) is 0 Å². The molecule has 176 valence electrons. The Morgan fingerprint density at radius 1 is 1.14 bits per heavy atom. The summed E-state index contributed by atoms with van der Waals surface area (Å²) in [6, 6.07) is 5.62. The minimum Gasteiger partial charge on any atom is -0.447 e. The van der Waals surface area contributed by atoms with Crippen LogP contribution in [0.1, 0.15) is 6.42 Å². The highest BCUT2D eigenvalue weighted by molar-refractivity contribution is 5.90. The number of nitrogens with one attached hydrogen (secondary N) is 1. The first-order valence-corrected chi connectivity index (χ1v) is 10.7. The smallest absolute Gasteiger partial charge is 0.415 e. The number of amides is 1. The van der Waals surface area contributed by atoms with Crippen LogP contribution in [-0.4, -0.2) is 48.5 Å². The van der Waals surface area contributed by atoms with Gasteiger partial charge in [-0.3, -0.25) is 10.00 Å². The second-order valence-corrected chi connectivity index (χ2v) is 8.14. The van der Waals surface area contributed by atoms with E-state index in [1.807, 2.05) is 0 Å². The van der Waals surface area contributed by atoms with E-state index in [9.17, 15) is 18.0 Å². The number of halogens is 3. The van der Waals surface area contributed by atoms with E-state index in [-0.39, 0.29) is 24.4 Å². The van der Waals surface area contributed by atoms with Gasteiger partial charge >= 0.3 is 6.09 Å². The Hall–Kier alpha value is -4.48. The molecular formula is C23H16F3N7O2. The summed E-state index contributed by atoms with van der Waals surface area (Å²) in [6.07, 6.45) is 6.21. The maximum absolute atomic E-state index is 14.8. The van der Waals surface area contributed by atoms with Crippen LogP contribution in [0.25, 0.3) is 28.2 Å². The quantitative estimate of drug-likeness (QED) is 0.467. The molecule has 0 bridgehead atoms. The summed E-state index contributed by atoms with van der Waals surface area (Å²) in [6.45, 7) is 0.00995. The van der Waals surface area contributed by atoms with E-state index >= 15 is 0 Å². The minimum absolute atomic E-state index is 0.00995. The number of cyclic esters (lactones) is 1. The van der Waals surface area contributed by atoms with Crippen molar-refractivity contribution in [3.63, 3.8) is 0 Å². The highest BCUT2D eigenvalue weighted by atomic mass is 19.2. The van der Waals surface area contributed by atoms with Gasteiger partial charge in [0.15, 0.2) is 17.3 Å². The molecule has 2 aliphatic rings. The zero-order valence-electron chi connectivity index (χ0n) is 17.9. The monoisotopic (exact) mass is 479 g/mol. The van der Waals surface area contributed by atoms with Crippen molar-refractivity contribution in [2.24, 2.45) is 5.92 Å². The highest BCUT2D eigenvalue weighted by Gasteiger charge is 2.41. The Labute approximate surface area is 195 Å². The second-order valence-electron chi connectivity index (χ2n) is 8.14. The van der Waals surface area contributed by atoms with Crippen LogP contribution in [0, 0.1) is 11.7 Å². The van der Waals surface area contributed by atoms with Crippen molar-refractivity contribution in [2.45, 2.75) is 12.5 Å². The first-order valence-electron chi connectivity index (χ1n) is 10.7. The molecule has 1 unspecified atom stereocenters. The van der Waals surface area contributed by atoms with E-state index in [4.69, 9.17) is 4.74 Å². The topological polar surface area (TPSA) is 101 Å². The van der Waals surface area contributed by atoms with Crippen LogP contribution in [-0.2, 0) is 4.74 Å². The van der Waals surface area contributed by atoms with Gasteiger partial charge in [0.05, 0.1) is 17.8 Å². The van der Waals surface area contributed by atoms with Gasteiger partial charge in [-0.15, -0.1) is 0 Å². The van der Waals surface area contributed by atoms with Gasteiger partial charge in [-0.25, -0.2) is 32.4 Å². The fourth-order valence-corrected chi connectivity index (χ4v) is 4.36. The fraction of sp³-hybridized carbons (Fsp3) is 0.174. The molecule has 0 saturated carbocycles. The number of carbonyl (C=O) groups excluding carboxylic acids is 1. The summed E-state index contributed by atoms with van der Waals surface area (Å²) in [5.41, 5.74) is 1.69. The molecule has 9 nitrogen and oxygen atoms in total. The largest absolute Gasteiger partial charge is 0.447 e. The lowest BCUT2D eigenvalue weighted by atomic mass is 9.91. The van der Waals surface area contributed by atoms with Crippen molar-refractivity contribution in [1.29, 1.82) is 0 Å². The van der Waals surface area contributed by atoms with E-state index < -0.39 is 35.5 Å². The first kappa shape index (κ1) is 21.1. The molecule has 1 aromatic carbocycles. The molecule has 3 aromatic heterocycles. The summed E-state index contributed by atoms with van der Waals surface area (Å²) < 4.78 is 48.9. The number of hydrogen-bond donors (Lipinski definition) is 1. The van der Waals surface area contributed by atoms with Gasteiger partial charge in [-0.1, -0.05) is 12.1 Å². The van der Waals surface area contributed by atoms with Gasteiger partial charge in [-0.2, -0.15) is 10.2 Å². The maximum atomic E-state index is 14.8. The van der Waals surface area contributed by atoms with Crippen LogP contribution >= 0.6 is 0 Å². The Morgan fingerprint density at radius 2 is 2.03 bits per heavy atom. The first-order chi connectivity index (χ1) is 17.0. The molecule has 2 atom stereocenters. The summed E-state index contributed by atoms with van der Waals surface area (Å²) in [5, 5.41) is 10.6. The van der Waals surface area contributed by atoms with Crippen molar-refractivity contribution >= 4 is 17.6 Å². The molecule has 0 radical (unpaired) electrons. The molecule has 1 aliphatic carbocycles. The SMILES string of the molecule is O=C1OC[C@H](C2C=CC(F)=C(F)C2)N1c1ccn2ncc(-c3ccc(-c4ncn[nH]4)c(F)c3)c2n1. The van der Waals surface area contributed by atoms with Crippen LogP contribution < -0.4 is 4.90 Å². The Kier molecular flexibility index (Phi) is 4.87. The summed E-state index contributed by atoms with van der Waals surface area (Å²) in [7, 11) is 0. The number of anilines is 1. The number of hydrogen-bond acceptors (Lipinski definition) is 6. The van der Waals surface area contributed by atoms with E-state index in [2.05, 4.69) is 25.3 Å². The van der Waals surface area contributed by atoms with Gasteiger partial charge < -0.3 is 4.74 Å². The lowest BCUT2D eigenvalue weighted by Crippen LogP contribution is -2.39. The molecule has 35 heavy (non-hydrogen) atoms. The fourth-order valence-electron chi connectivity index (χ4n) is 4.36. The molecule has 4 heterocycles. The minimum atomic E-state index is -0.914. The Balaban J connectivity index is 1.37. The number of aromatic nitrogens is 6. The molecule has 12 heteroatoms. The maximum Gasteiger partial charge on any atom is 0.415 e. The normalized spacial score (nSPS) is 20.2. The average Bonchev–Trinajstić information content (AvgIpc) is 3.60.